The fourth-order valence-corrected chi connectivity index (χ4v) is 2.36. The zero-order chi connectivity index (χ0) is 16.1. The number of nitrogens with zero attached hydrogens (tertiary/aromatic N) is 4. The van der Waals surface area contributed by atoms with Gasteiger partial charge in [0, 0.05) is 20.1 Å². The van der Waals surface area contributed by atoms with Crippen molar-refractivity contribution in [3.8, 4) is 6.01 Å². The largest absolute Gasteiger partial charge is 0.481 e. The summed E-state index contributed by atoms with van der Waals surface area (Å²) in [5.41, 5.74) is 6.81. The van der Waals surface area contributed by atoms with Crippen LogP contribution in [0, 0.1) is 0 Å². The average molecular weight is 374 g/mol. The SMILES string of the molecule is COCCOc1nc(N)c2nc(Br)n(CCCC(=O)O)c2n1. The van der Waals surface area contributed by atoms with Gasteiger partial charge in [-0.2, -0.15) is 9.97 Å². The van der Waals surface area contributed by atoms with Crippen LogP contribution in [-0.2, 0) is 16.1 Å². The van der Waals surface area contributed by atoms with Crippen LogP contribution in [0.1, 0.15) is 12.8 Å². The predicted molar refractivity (Wildman–Crippen MR) is 81.7 cm³/mol. The second-order valence-electron chi connectivity index (χ2n) is 4.43. The highest BCUT2D eigenvalue weighted by atomic mass is 79.9. The second-order valence-corrected chi connectivity index (χ2v) is 5.14. The first-order valence-corrected chi connectivity index (χ1v) is 7.35. The molecule has 0 aliphatic carbocycles. The van der Waals surface area contributed by atoms with E-state index in [2.05, 4.69) is 30.9 Å². The van der Waals surface area contributed by atoms with Gasteiger partial charge in [-0.3, -0.25) is 4.79 Å². The van der Waals surface area contributed by atoms with Crippen molar-refractivity contribution >= 4 is 38.9 Å². The summed E-state index contributed by atoms with van der Waals surface area (Å²) in [6.07, 6.45) is 0.507. The van der Waals surface area contributed by atoms with E-state index in [1.807, 2.05) is 0 Å². The van der Waals surface area contributed by atoms with Crippen molar-refractivity contribution in [1.29, 1.82) is 0 Å². The van der Waals surface area contributed by atoms with Crippen LogP contribution in [0.15, 0.2) is 4.73 Å². The molecule has 0 radical (unpaired) electrons. The number of aryl methyl sites for hydroxylation is 1. The summed E-state index contributed by atoms with van der Waals surface area (Å²) in [4.78, 5) is 23.2. The van der Waals surface area contributed by atoms with E-state index in [0.29, 0.717) is 42.1 Å². The van der Waals surface area contributed by atoms with Gasteiger partial charge in [0.15, 0.2) is 21.7 Å². The van der Waals surface area contributed by atoms with Gasteiger partial charge in [-0.1, -0.05) is 0 Å². The van der Waals surface area contributed by atoms with Gasteiger partial charge in [-0.15, -0.1) is 0 Å². The van der Waals surface area contributed by atoms with Gasteiger partial charge in [-0.25, -0.2) is 4.98 Å². The molecule has 9 nitrogen and oxygen atoms in total. The molecule has 120 valence electrons. The number of carboxylic acids is 1. The normalized spacial score (nSPS) is 11.0. The third-order valence-electron chi connectivity index (χ3n) is 2.85. The van der Waals surface area contributed by atoms with Crippen molar-refractivity contribution in [3.63, 3.8) is 0 Å². The summed E-state index contributed by atoms with van der Waals surface area (Å²) < 4.78 is 12.5. The highest BCUT2D eigenvalue weighted by Crippen LogP contribution is 2.24. The van der Waals surface area contributed by atoms with E-state index in [1.54, 1.807) is 11.7 Å². The zero-order valence-electron chi connectivity index (χ0n) is 12.0. The topological polar surface area (TPSA) is 125 Å². The molecule has 2 aromatic rings. The Balaban J connectivity index is 2.26. The van der Waals surface area contributed by atoms with E-state index in [1.165, 1.54) is 0 Å². The van der Waals surface area contributed by atoms with Crippen molar-refractivity contribution in [2.75, 3.05) is 26.1 Å². The molecule has 2 rings (SSSR count). The van der Waals surface area contributed by atoms with Gasteiger partial charge in [0.2, 0.25) is 0 Å². The number of aliphatic carboxylic acids is 1. The molecule has 0 amide bonds. The maximum atomic E-state index is 10.6. The first kappa shape index (κ1) is 16.4. The third kappa shape index (κ3) is 3.83. The maximum Gasteiger partial charge on any atom is 0.320 e. The molecule has 0 bridgehead atoms. The number of fused-ring (bicyclic) bond motifs is 1. The molecule has 0 saturated carbocycles. The number of methoxy groups -OCH3 is 1. The Morgan fingerprint density at radius 3 is 2.82 bits per heavy atom. The summed E-state index contributed by atoms with van der Waals surface area (Å²) in [7, 11) is 1.57. The monoisotopic (exact) mass is 373 g/mol. The molecule has 0 aromatic carbocycles. The van der Waals surface area contributed by atoms with Gasteiger partial charge >= 0.3 is 12.0 Å². The number of nitrogen functional groups attached to an aromatic ring is 1. The quantitative estimate of drug-likeness (QED) is 0.519. The number of imidazole rings is 1. The van der Waals surface area contributed by atoms with E-state index < -0.39 is 5.97 Å². The van der Waals surface area contributed by atoms with E-state index in [0.717, 1.165) is 0 Å². The highest BCUT2D eigenvalue weighted by molar-refractivity contribution is 9.10. The molecule has 0 aliphatic heterocycles. The first-order valence-electron chi connectivity index (χ1n) is 6.55. The molecule has 0 fully saturated rings. The Kier molecular flexibility index (Phi) is 5.50. The fraction of sp³-hybridized carbons (Fsp3) is 0.500. The summed E-state index contributed by atoms with van der Waals surface area (Å²) in [6.45, 7) is 1.15. The molecule has 0 aliphatic rings. The summed E-state index contributed by atoms with van der Waals surface area (Å²) >= 11 is 3.32. The summed E-state index contributed by atoms with van der Waals surface area (Å²) in [6, 6.07) is 0.133. The van der Waals surface area contributed by atoms with Crippen LogP contribution in [-0.4, -0.2) is 50.9 Å². The van der Waals surface area contributed by atoms with Crippen LogP contribution < -0.4 is 10.5 Å². The van der Waals surface area contributed by atoms with Crippen molar-refractivity contribution in [3.05, 3.63) is 4.73 Å². The minimum absolute atomic E-state index is 0.0594. The minimum Gasteiger partial charge on any atom is -0.481 e. The number of rotatable bonds is 8. The molecule has 10 heteroatoms. The Hall–Kier alpha value is -1.94. The Labute approximate surface area is 134 Å². The molecule has 3 N–H and O–H groups in total. The Bertz CT molecular complexity index is 675. The molecule has 0 atom stereocenters. The third-order valence-corrected chi connectivity index (χ3v) is 3.45. The van der Waals surface area contributed by atoms with Gasteiger partial charge in [0.1, 0.15) is 6.61 Å². The molecule has 2 heterocycles. The molecule has 22 heavy (non-hydrogen) atoms. The van der Waals surface area contributed by atoms with Crippen LogP contribution in [0.3, 0.4) is 0 Å². The van der Waals surface area contributed by atoms with Gasteiger partial charge in [0.05, 0.1) is 6.61 Å². The van der Waals surface area contributed by atoms with Crippen molar-refractivity contribution in [2.45, 2.75) is 19.4 Å². The van der Waals surface area contributed by atoms with E-state index in [9.17, 15) is 4.79 Å². The lowest BCUT2D eigenvalue weighted by Crippen LogP contribution is -2.09. The molecular weight excluding hydrogens is 358 g/mol. The second kappa shape index (κ2) is 7.36. The lowest BCUT2D eigenvalue weighted by molar-refractivity contribution is -0.137. The summed E-state index contributed by atoms with van der Waals surface area (Å²) in [5.74, 6) is -0.645. The number of ether oxygens (including phenoxy) is 2. The average Bonchev–Trinajstić information content (AvgIpc) is 2.76. The van der Waals surface area contributed by atoms with Crippen molar-refractivity contribution in [1.82, 2.24) is 19.5 Å². The standard InChI is InChI=1S/C12H16BrN5O4/c1-21-5-6-22-12-16-9(14)8-10(17-12)18(11(13)15-8)4-2-3-7(19)20/h2-6H2,1H3,(H,19,20)(H2,14,16,17). The predicted octanol–water partition coefficient (Wildman–Crippen LogP) is 1.06. The van der Waals surface area contributed by atoms with Crippen LogP contribution in [0.2, 0.25) is 0 Å². The van der Waals surface area contributed by atoms with E-state index in [4.69, 9.17) is 20.3 Å². The van der Waals surface area contributed by atoms with Crippen LogP contribution in [0.25, 0.3) is 11.2 Å². The Morgan fingerprint density at radius 2 is 2.14 bits per heavy atom. The van der Waals surface area contributed by atoms with Gasteiger partial charge < -0.3 is 24.9 Å². The van der Waals surface area contributed by atoms with Crippen LogP contribution in [0.5, 0.6) is 6.01 Å². The Morgan fingerprint density at radius 1 is 1.36 bits per heavy atom. The van der Waals surface area contributed by atoms with Crippen LogP contribution >= 0.6 is 15.9 Å². The number of carboxylic acid groups (broad SMARTS) is 1. The number of hydrogen-bond donors (Lipinski definition) is 2. The van der Waals surface area contributed by atoms with Gasteiger partial charge in [0.25, 0.3) is 0 Å². The number of anilines is 1. The highest BCUT2D eigenvalue weighted by Gasteiger charge is 2.16. The first-order chi connectivity index (χ1) is 10.5. The summed E-state index contributed by atoms with van der Waals surface area (Å²) in [5, 5.41) is 8.72. The van der Waals surface area contributed by atoms with Crippen molar-refractivity contribution < 1.29 is 19.4 Å². The minimum atomic E-state index is -0.849. The van der Waals surface area contributed by atoms with Crippen LogP contribution in [0.4, 0.5) is 5.82 Å². The number of nitrogens with two attached hydrogens (primary N) is 1. The van der Waals surface area contributed by atoms with E-state index >= 15 is 0 Å². The molecule has 2 aromatic heterocycles. The molecular formula is C12H16BrN5O4. The molecule has 0 saturated heterocycles. The molecule has 0 unspecified atom stereocenters. The lowest BCUT2D eigenvalue weighted by Gasteiger charge is -2.07. The maximum absolute atomic E-state index is 10.6. The number of halogens is 1. The fourth-order valence-electron chi connectivity index (χ4n) is 1.84. The smallest absolute Gasteiger partial charge is 0.320 e. The van der Waals surface area contributed by atoms with Crippen molar-refractivity contribution in [2.24, 2.45) is 0 Å². The van der Waals surface area contributed by atoms with E-state index in [-0.39, 0.29) is 18.2 Å². The lowest BCUT2D eigenvalue weighted by atomic mass is 10.3. The number of carbonyl (C=O) groups is 1. The number of aromatic nitrogens is 4. The zero-order valence-corrected chi connectivity index (χ0v) is 13.5. The molecule has 0 spiro atoms. The number of hydrogen-bond acceptors (Lipinski definition) is 7. The van der Waals surface area contributed by atoms with Gasteiger partial charge in [-0.05, 0) is 22.4 Å².